The molecule has 70 valence electrons. The summed E-state index contributed by atoms with van der Waals surface area (Å²) in [6.07, 6.45) is 5.65. The Bertz CT molecular complexity index is 331. The van der Waals surface area contributed by atoms with Crippen LogP contribution in [0.4, 0.5) is 0 Å². The van der Waals surface area contributed by atoms with E-state index in [2.05, 4.69) is 34.5 Å². The van der Waals surface area contributed by atoms with Crippen LogP contribution in [-0.2, 0) is 12.8 Å². The molecule has 2 aromatic rings. The molecular weight excluding hydrogens is 172 g/mol. The average Bonchev–Trinajstić information content (AvgIpc) is 2.29. The minimum Gasteiger partial charge on any atom is -0.159 e. The van der Waals surface area contributed by atoms with E-state index in [1.54, 1.807) is 6.20 Å². The number of aryl methyl sites for hydroxylation is 2. The van der Waals surface area contributed by atoms with E-state index in [0.29, 0.717) is 0 Å². The van der Waals surface area contributed by atoms with E-state index in [0.717, 1.165) is 12.8 Å². The molecule has 0 aliphatic heterocycles. The molecule has 0 amide bonds. The molecule has 0 N–H and O–H groups in total. The Kier molecular flexibility index (Phi) is 2.86. The smallest absolute Gasteiger partial charge is 0.0528 e. The van der Waals surface area contributed by atoms with Gasteiger partial charge in [-0.3, -0.25) is 0 Å². The molecule has 2 heteroatoms. The fourth-order valence-corrected chi connectivity index (χ4v) is 1.40. The number of nitrogens with zero attached hydrogens (tertiary/aromatic N) is 2. The van der Waals surface area contributed by atoms with E-state index >= 15 is 0 Å². The summed E-state index contributed by atoms with van der Waals surface area (Å²) in [7, 11) is 0. The van der Waals surface area contributed by atoms with Gasteiger partial charge in [-0.2, -0.15) is 10.2 Å². The Balaban J connectivity index is 1.96. The maximum absolute atomic E-state index is 3.85. The van der Waals surface area contributed by atoms with Crippen LogP contribution in [0.15, 0.2) is 48.8 Å². The van der Waals surface area contributed by atoms with E-state index in [1.165, 1.54) is 11.1 Å². The van der Waals surface area contributed by atoms with Crippen LogP contribution in [0.5, 0.6) is 0 Å². The zero-order valence-electron chi connectivity index (χ0n) is 7.93. The van der Waals surface area contributed by atoms with Gasteiger partial charge in [0.05, 0.1) is 6.20 Å². The topological polar surface area (TPSA) is 25.8 Å². The number of rotatable bonds is 3. The summed E-state index contributed by atoms with van der Waals surface area (Å²) in [6.45, 7) is 0. The molecule has 0 aliphatic rings. The molecule has 14 heavy (non-hydrogen) atoms. The predicted octanol–water partition coefficient (Wildman–Crippen LogP) is 2.26. The van der Waals surface area contributed by atoms with Crippen molar-refractivity contribution in [3.63, 3.8) is 0 Å². The molecule has 0 spiro atoms. The quantitative estimate of drug-likeness (QED) is 0.731. The fraction of sp³-hybridized carbons (Fsp3) is 0.167. The monoisotopic (exact) mass is 184 g/mol. The molecule has 1 aromatic heterocycles. The van der Waals surface area contributed by atoms with Gasteiger partial charge in [0.25, 0.3) is 0 Å². The minimum atomic E-state index is 1.03. The van der Waals surface area contributed by atoms with Crippen molar-refractivity contribution in [3.8, 4) is 0 Å². The largest absolute Gasteiger partial charge is 0.159 e. The van der Waals surface area contributed by atoms with Gasteiger partial charge in [-0.15, -0.1) is 0 Å². The van der Waals surface area contributed by atoms with Gasteiger partial charge in [0, 0.05) is 6.20 Å². The molecule has 0 saturated heterocycles. The molecule has 0 aliphatic carbocycles. The van der Waals surface area contributed by atoms with Crippen molar-refractivity contribution >= 4 is 0 Å². The normalized spacial score (nSPS) is 10.0. The van der Waals surface area contributed by atoms with Gasteiger partial charge in [-0.25, -0.2) is 0 Å². The molecule has 0 atom stereocenters. The maximum Gasteiger partial charge on any atom is 0.0528 e. The second-order valence-corrected chi connectivity index (χ2v) is 3.24. The lowest BCUT2D eigenvalue weighted by Crippen LogP contribution is -1.92. The van der Waals surface area contributed by atoms with Crippen molar-refractivity contribution in [1.29, 1.82) is 0 Å². The molecule has 0 unspecified atom stereocenters. The highest BCUT2D eigenvalue weighted by molar-refractivity contribution is 5.17. The Morgan fingerprint density at radius 3 is 2.29 bits per heavy atom. The number of benzene rings is 1. The van der Waals surface area contributed by atoms with Gasteiger partial charge >= 0.3 is 0 Å². The van der Waals surface area contributed by atoms with Crippen LogP contribution in [0.3, 0.4) is 0 Å². The van der Waals surface area contributed by atoms with Crippen molar-refractivity contribution in [2.75, 3.05) is 0 Å². The van der Waals surface area contributed by atoms with Gasteiger partial charge in [-0.1, -0.05) is 30.3 Å². The van der Waals surface area contributed by atoms with Crippen molar-refractivity contribution < 1.29 is 0 Å². The first kappa shape index (κ1) is 8.88. The molecule has 2 nitrogen and oxygen atoms in total. The second-order valence-electron chi connectivity index (χ2n) is 3.24. The third kappa shape index (κ3) is 2.39. The zero-order valence-corrected chi connectivity index (χ0v) is 7.93. The predicted molar refractivity (Wildman–Crippen MR) is 55.9 cm³/mol. The molecule has 1 heterocycles. The van der Waals surface area contributed by atoms with Gasteiger partial charge < -0.3 is 0 Å². The summed E-state index contributed by atoms with van der Waals surface area (Å²) in [5.41, 5.74) is 2.60. The first-order chi connectivity index (χ1) is 6.95. The van der Waals surface area contributed by atoms with Crippen LogP contribution < -0.4 is 0 Å². The number of aromatic nitrogens is 2. The lowest BCUT2D eigenvalue weighted by Gasteiger charge is -2.00. The third-order valence-corrected chi connectivity index (χ3v) is 2.19. The number of hydrogen-bond donors (Lipinski definition) is 0. The summed E-state index contributed by atoms with van der Waals surface area (Å²) < 4.78 is 0. The van der Waals surface area contributed by atoms with Crippen LogP contribution in [-0.4, -0.2) is 10.2 Å². The van der Waals surface area contributed by atoms with Crippen molar-refractivity contribution in [1.82, 2.24) is 10.2 Å². The maximum atomic E-state index is 3.85. The standard InChI is InChI=1S/C12H12N2/c1-2-4-11(5-3-1)6-7-12-8-9-13-14-10-12/h1-5,8-10H,6-7H2. The third-order valence-electron chi connectivity index (χ3n) is 2.19. The average molecular weight is 184 g/mol. The van der Waals surface area contributed by atoms with Crippen LogP contribution in [0.2, 0.25) is 0 Å². The molecule has 2 rings (SSSR count). The molecule has 0 radical (unpaired) electrons. The van der Waals surface area contributed by atoms with E-state index in [1.807, 2.05) is 18.3 Å². The lowest BCUT2D eigenvalue weighted by molar-refractivity contribution is 0.918. The molecule has 0 saturated carbocycles. The van der Waals surface area contributed by atoms with Crippen molar-refractivity contribution in [2.24, 2.45) is 0 Å². The number of hydrogen-bond acceptors (Lipinski definition) is 2. The van der Waals surface area contributed by atoms with Crippen LogP contribution in [0, 0.1) is 0 Å². The molecular formula is C12H12N2. The van der Waals surface area contributed by atoms with Crippen LogP contribution in [0.1, 0.15) is 11.1 Å². The van der Waals surface area contributed by atoms with Gasteiger partial charge in [-0.05, 0) is 30.0 Å². The highest BCUT2D eigenvalue weighted by Crippen LogP contribution is 2.04. The SMILES string of the molecule is c1ccc(CCc2ccnnc2)cc1. The van der Waals surface area contributed by atoms with E-state index in [4.69, 9.17) is 0 Å². The van der Waals surface area contributed by atoms with Gasteiger partial charge in [0.1, 0.15) is 0 Å². The highest BCUT2D eigenvalue weighted by atomic mass is 15.1. The van der Waals surface area contributed by atoms with E-state index in [-0.39, 0.29) is 0 Å². The zero-order chi connectivity index (χ0) is 9.64. The summed E-state index contributed by atoms with van der Waals surface area (Å²) >= 11 is 0. The highest BCUT2D eigenvalue weighted by Gasteiger charge is 1.94. The second kappa shape index (κ2) is 4.51. The first-order valence-electron chi connectivity index (χ1n) is 4.74. The Labute approximate surface area is 83.6 Å². The van der Waals surface area contributed by atoms with Crippen molar-refractivity contribution in [3.05, 3.63) is 59.9 Å². The summed E-state index contributed by atoms with van der Waals surface area (Å²) in [5, 5.41) is 7.60. The van der Waals surface area contributed by atoms with E-state index in [9.17, 15) is 0 Å². The first-order valence-corrected chi connectivity index (χ1v) is 4.74. The summed E-state index contributed by atoms with van der Waals surface area (Å²) in [6, 6.07) is 12.5. The van der Waals surface area contributed by atoms with Crippen LogP contribution >= 0.6 is 0 Å². The van der Waals surface area contributed by atoms with E-state index < -0.39 is 0 Å². The Morgan fingerprint density at radius 2 is 1.57 bits per heavy atom. The Hall–Kier alpha value is -1.70. The lowest BCUT2D eigenvalue weighted by atomic mass is 10.1. The van der Waals surface area contributed by atoms with Crippen LogP contribution in [0.25, 0.3) is 0 Å². The van der Waals surface area contributed by atoms with Gasteiger partial charge in [0.2, 0.25) is 0 Å². The van der Waals surface area contributed by atoms with Crippen molar-refractivity contribution in [2.45, 2.75) is 12.8 Å². The fourth-order valence-electron chi connectivity index (χ4n) is 1.40. The minimum absolute atomic E-state index is 1.03. The molecule has 0 fully saturated rings. The molecule has 1 aromatic carbocycles. The van der Waals surface area contributed by atoms with Gasteiger partial charge in [0.15, 0.2) is 0 Å². The summed E-state index contributed by atoms with van der Waals surface area (Å²) in [4.78, 5) is 0. The molecule has 0 bridgehead atoms. The Morgan fingerprint density at radius 1 is 0.786 bits per heavy atom. The summed E-state index contributed by atoms with van der Waals surface area (Å²) in [5.74, 6) is 0.